The Morgan fingerprint density at radius 3 is 2.44 bits per heavy atom. The molecule has 3 aromatic carbocycles. The molecule has 4 rings (SSSR count). The van der Waals surface area contributed by atoms with Crippen molar-refractivity contribution in [3.63, 3.8) is 0 Å². The van der Waals surface area contributed by atoms with E-state index in [1.54, 1.807) is 12.1 Å². The number of para-hydroxylation sites is 1. The van der Waals surface area contributed by atoms with Crippen molar-refractivity contribution in [2.24, 2.45) is 0 Å². The maximum atomic E-state index is 11.3. The SMILES string of the molecule is COc1ccc(Cc2cc(-c3ccccc3OCc3ccccc3)ncn2)cc1[N+](=O)[O-]. The molecule has 160 valence electrons. The number of methoxy groups -OCH3 is 1. The van der Waals surface area contributed by atoms with Crippen molar-refractivity contribution < 1.29 is 14.4 Å². The summed E-state index contributed by atoms with van der Waals surface area (Å²) in [6.07, 6.45) is 1.92. The van der Waals surface area contributed by atoms with Gasteiger partial charge in [0.25, 0.3) is 0 Å². The molecule has 0 radical (unpaired) electrons. The van der Waals surface area contributed by atoms with Gasteiger partial charge < -0.3 is 9.47 Å². The quantitative estimate of drug-likeness (QED) is 0.283. The first kappa shape index (κ1) is 21.0. The maximum Gasteiger partial charge on any atom is 0.311 e. The van der Waals surface area contributed by atoms with Gasteiger partial charge in [-0.15, -0.1) is 0 Å². The van der Waals surface area contributed by atoms with Crippen molar-refractivity contribution in [3.05, 3.63) is 112 Å². The summed E-state index contributed by atoms with van der Waals surface area (Å²) in [5.41, 5.74) is 4.09. The average Bonchev–Trinajstić information content (AvgIpc) is 2.83. The Labute approximate surface area is 185 Å². The first-order chi connectivity index (χ1) is 15.6. The molecule has 0 saturated carbocycles. The number of nitrogens with zero attached hydrogens (tertiary/aromatic N) is 3. The molecular formula is C25H21N3O4. The molecule has 0 aliphatic heterocycles. The summed E-state index contributed by atoms with van der Waals surface area (Å²) < 4.78 is 11.1. The summed E-state index contributed by atoms with van der Waals surface area (Å²) >= 11 is 0. The van der Waals surface area contributed by atoms with Crippen LogP contribution in [0.1, 0.15) is 16.8 Å². The van der Waals surface area contributed by atoms with Gasteiger partial charge in [-0.25, -0.2) is 9.97 Å². The third-order valence-corrected chi connectivity index (χ3v) is 4.95. The van der Waals surface area contributed by atoms with Crippen LogP contribution >= 0.6 is 0 Å². The van der Waals surface area contributed by atoms with Crippen molar-refractivity contribution in [1.29, 1.82) is 0 Å². The van der Waals surface area contributed by atoms with E-state index in [0.717, 1.165) is 33.8 Å². The molecule has 32 heavy (non-hydrogen) atoms. The zero-order chi connectivity index (χ0) is 22.3. The number of benzene rings is 3. The van der Waals surface area contributed by atoms with E-state index in [-0.39, 0.29) is 11.4 Å². The van der Waals surface area contributed by atoms with E-state index in [1.807, 2.05) is 60.7 Å². The van der Waals surface area contributed by atoms with E-state index in [4.69, 9.17) is 9.47 Å². The van der Waals surface area contributed by atoms with Crippen LogP contribution in [-0.2, 0) is 13.0 Å². The van der Waals surface area contributed by atoms with Crippen LogP contribution in [0.25, 0.3) is 11.3 Å². The normalized spacial score (nSPS) is 10.5. The van der Waals surface area contributed by atoms with Gasteiger partial charge in [0.05, 0.1) is 17.7 Å². The van der Waals surface area contributed by atoms with Gasteiger partial charge in [-0.05, 0) is 35.4 Å². The van der Waals surface area contributed by atoms with E-state index in [1.165, 1.54) is 19.5 Å². The Hall–Kier alpha value is -4.26. The molecule has 7 nitrogen and oxygen atoms in total. The van der Waals surface area contributed by atoms with Crippen molar-refractivity contribution in [1.82, 2.24) is 9.97 Å². The smallest absolute Gasteiger partial charge is 0.311 e. The molecule has 0 saturated heterocycles. The number of hydrogen-bond acceptors (Lipinski definition) is 6. The van der Waals surface area contributed by atoms with Crippen molar-refractivity contribution in [3.8, 4) is 22.8 Å². The fourth-order valence-electron chi connectivity index (χ4n) is 3.38. The van der Waals surface area contributed by atoms with Crippen molar-refractivity contribution >= 4 is 5.69 Å². The molecule has 0 spiro atoms. The van der Waals surface area contributed by atoms with Gasteiger partial charge in [0.1, 0.15) is 18.7 Å². The number of ether oxygens (including phenoxy) is 2. The minimum Gasteiger partial charge on any atom is -0.490 e. The van der Waals surface area contributed by atoms with Gasteiger partial charge in [-0.2, -0.15) is 0 Å². The maximum absolute atomic E-state index is 11.3. The third-order valence-electron chi connectivity index (χ3n) is 4.95. The van der Waals surface area contributed by atoms with Crippen LogP contribution in [0, 0.1) is 10.1 Å². The van der Waals surface area contributed by atoms with Gasteiger partial charge in [0.15, 0.2) is 5.75 Å². The molecular weight excluding hydrogens is 406 g/mol. The first-order valence-corrected chi connectivity index (χ1v) is 10.0. The first-order valence-electron chi connectivity index (χ1n) is 10.0. The summed E-state index contributed by atoms with van der Waals surface area (Å²) in [5.74, 6) is 0.952. The lowest BCUT2D eigenvalue weighted by Crippen LogP contribution is -2.00. The summed E-state index contributed by atoms with van der Waals surface area (Å²) in [7, 11) is 1.41. The highest BCUT2D eigenvalue weighted by Crippen LogP contribution is 2.31. The lowest BCUT2D eigenvalue weighted by atomic mass is 10.1. The zero-order valence-corrected chi connectivity index (χ0v) is 17.5. The minimum absolute atomic E-state index is 0.0704. The van der Waals surface area contributed by atoms with Crippen molar-refractivity contribution in [2.75, 3.05) is 7.11 Å². The van der Waals surface area contributed by atoms with Crippen LogP contribution in [0.2, 0.25) is 0 Å². The number of hydrogen-bond donors (Lipinski definition) is 0. The molecule has 1 aromatic heterocycles. The lowest BCUT2D eigenvalue weighted by molar-refractivity contribution is -0.385. The van der Waals surface area contributed by atoms with Crippen LogP contribution in [0.4, 0.5) is 5.69 Å². The number of nitro groups is 1. The van der Waals surface area contributed by atoms with E-state index < -0.39 is 4.92 Å². The Bertz CT molecular complexity index is 1230. The predicted octanol–water partition coefficient (Wildman–Crippen LogP) is 5.23. The summed E-state index contributed by atoms with van der Waals surface area (Å²) in [5, 5.41) is 11.3. The Balaban J connectivity index is 1.58. The molecule has 0 unspecified atom stereocenters. The van der Waals surface area contributed by atoms with E-state index in [9.17, 15) is 10.1 Å². The fourth-order valence-corrected chi connectivity index (χ4v) is 3.38. The van der Waals surface area contributed by atoms with Gasteiger partial charge in [0, 0.05) is 23.7 Å². The highest BCUT2D eigenvalue weighted by molar-refractivity contribution is 5.67. The van der Waals surface area contributed by atoms with Crippen LogP contribution in [-0.4, -0.2) is 22.0 Å². The lowest BCUT2D eigenvalue weighted by Gasteiger charge is -2.12. The topological polar surface area (TPSA) is 87.4 Å². The van der Waals surface area contributed by atoms with Crippen LogP contribution in [0.5, 0.6) is 11.5 Å². The Morgan fingerprint density at radius 1 is 0.875 bits per heavy atom. The molecule has 0 fully saturated rings. The fraction of sp³-hybridized carbons (Fsp3) is 0.120. The monoisotopic (exact) mass is 427 g/mol. The number of nitro benzene ring substituents is 1. The van der Waals surface area contributed by atoms with Crippen LogP contribution in [0.3, 0.4) is 0 Å². The molecule has 0 N–H and O–H groups in total. The van der Waals surface area contributed by atoms with Crippen molar-refractivity contribution in [2.45, 2.75) is 13.0 Å². The molecule has 0 aliphatic carbocycles. The van der Waals surface area contributed by atoms with E-state index in [0.29, 0.717) is 13.0 Å². The Morgan fingerprint density at radius 2 is 1.66 bits per heavy atom. The van der Waals surface area contributed by atoms with Gasteiger partial charge in [-0.3, -0.25) is 10.1 Å². The summed E-state index contributed by atoms with van der Waals surface area (Å²) in [4.78, 5) is 19.6. The minimum atomic E-state index is -0.450. The molecule has 0 atom stereocenters. The van der Waals surface area contributed by atoms with Gasteiger partial charge >= 0.3 is 5.69 Å². The molecule has 0 bridgehead atoms. The molecule has 7 heteroatoms. The van der Waals surface area contributed by atoms with Gasteiger partial charge in [-0.1, -0.05) is 48.5 Å². The Kier molecular flexibility index (Phi) is 6.36. The highest BCUT2D eigenvalue weighted by atomic mass is 16.6. The van der Waals surface area contributed by atoms with Crippen LogP contribution in [0.15, 0.2) is 85.2 Å². The number of aromatic nitrogens is 2. The second-order valence-electron chi connectivity index (χ2n) is 7.11. The second-order valence-corrected chi connectivity index (χ2v) is 7.11. The highest BCUT2D eigenvalue weighted by Gasteiger charge is 2.16. The predicted molar refractivity (Wildman–Crippen MR) is 121 cm³/mol. The van der Waals surface area contributed by atoms with Gasteiger partial charge in [0.2, 0.25) is 0 Å². The van der Waals surface area contributed by atoms with E-state index >= 15 is 0 Å². The molecule has 4 aromatic rings. The molecule has 0 aliphatic rings. The van der Waals surface area contributed by atoms with Crippen LogP contribution < -0.4 is 9.47 Å². The summed E-state index contributed by atoms with van der Waals surface area (Å²) in [6.45, 7) is 0.450. The molecule has 0 amide bonds. The summed E-state index contributed by atoms with van der Waals surface area (Å²) in [6, 6.07) is 24.4. The second kappa shape index (κ2) is 9.70. The third kappa shape index (κ3) is 4.89. The van der Waals surface area contributed by atoms with E-state index in [2.05, 4.69) is 9.97 Å². The largest absolute Gasteiger partial charge is 0.490 e. The standard InChI is InChI=1S/C25H21N3O4/c1-31-25-12-11-19(14-23(25)28(29)30)13-20-15-22(27-17-26-20)21-9-5-6-10-24(21)32-16-18-7-3-2-4-8-18/h2-12,14-15,17H,13,16H2,1H3. The average molecular weight is 427 g/mol. The number of rotatable bonds is 8. The molecule has 1 heterocycles. The zero-order valence-electron chi connectivity index (χ0n) is 17.5.